The minimum absolute atomic E-state index is 0.418. The van der Waals surface area contributed by atoms with Gasteiger partial charge in [0.25, 0.3) is 0 Å². The Morgan fingerprint density at radius 1 is 1.50 bits per heavy atom. The average molecular weight is 214 g/mol. The molecule has 1 N–H and O–H groups in total. The van der Waals surface area contributed by atoms with Gasteiger partial charge in [0.15, 0.2) is 5.17 Å². The number of thioether (sulfide) groups is 1. The zero-order valence-corrected chi connectivity index (χ0v) is 10.6. The molecule has 1 aliphatic heterocycles. The van der Waals surface area contributed by atoms with Gasteiger partial charge in [-0.3, -0.25) is 4.99 Å². The first kappa shape index (κ1) is 11.9. The second-order valence-corrected chi connectivity index (χ2v) is 6.32. The van der Waals surface area contributed by atoms with Crippen molar-refractivity contribution in [2.24, 2.45) is 10.4 Å². The van der Waals surface area contributed by atoms with Gasteiger partial charge in [-0.2, -0.15) is 0 Å². The summed E-state index contributed by atoms with van der Waals surface area (Å²) in [5, 5.41) is 5.28. The van der Waals surface area contributed by atoms with Gasteiger partial charge in [0.2, 0.25) is 0 Å². The number of hydrogen-bond acceptors (Lipinski definition) is 3. The van der Waals surface area contributed by atoms with E-state index in [0.717, 1.165) is 18.3 Å². The Morgan fingerprint density at radius 3 is 2.71 bits per heavy atom. The van der Waals surface area contributed by atoms with Gasteiger partial charge in [-0.1, -0.05) is 39.5 Å². The highest BCUT2D eigenvalue weighted by Gasteiger charge is 2.17. The summed E-state index contributed by atoms with van der Waals surface area (Å²) in [4.78, 5) is 4.48. The maximum Gasteiger partial charge on any atom is 0.156 e. The molecule has 0 saturated carbocycles. The van der Waals surface area contributed by atoms with Crippen LogP contribution in [0.5, 0.6) is 0 Å². The molecule has 0 bridgehead atoms. The number of nitrogens with one attached hydrogen (secondary N) is 1. The topological polar surface area (TPSA) is 24.4 Å². The molecule has 0 amide bonds. The lowest BCUT2D eigenvalue weighted by Crippen LogP contribution is -2.24. The van der Waals surface area contributed by atoms with Crippen LogP contribution in [0, 0.1) is 5.41 Å². The van der Waals surface area contributed by atoms with Crippen molar-refractivity contribution in [3.8, 4) is 0 Å². The zero-order valence-electron chi connectivity index (χ0n) is 9.76. The quantitative estimate of drug-likeness (QED) is 0.781. The van der Waals surface area contributed by atoms with Crippen LogP contribution in [0.25, 0.3) is 0 Å². The fourth-order valence-corrected chi connectivity index (χ4v) is 2.24. The van der Waals surface area contributed by atoms with Crippen LogP contribution in [-0.4, -0.2) is 23.5 Å². The van der Waals surface area contributed by atoms with Gasteiger partial charge in [0, 0.05) is 11.8 Å². The molecule has 1 unspecified atom stereocenters. The van der Waals surface area contributed by atoms with Crippen LogP contribution in [0.4, 0.5) is 0 Å². The summed E-state index contributed by atoms with van der Waals surface area (Å²) in [5.74, 6) is 0. The Kier molecular flexibility index (Phi) is 4.30. The van der Waals surface area contributed by atoms with E-state index >= 15 is 0 Å². The Morgan fingerprint density at radius 2 is 2.21 bits per heavy atom. The molecule has 2 nitrogen and oxygen atoms in total. The first-order valence-electron chi connectivity index (χ1n) is 5.46. The molecule has 3 heteroatoms. The van der Waals surface area contributed by atoms with Crippen molar-refractivity contribution < 1.29 is 0 Å². The Hall–Kier alpha value is -0.180. The van der Waals surface area contributed by atoms with E-state index in [4.69, 9.17) is 0 Å². The number of rotatable bonds is 3. The summed E-state index contributed by atoms with van der Waals surface area (Å²) in [6.07, 6.45) is 2.42. The van der Waals surface area contributed by atoms with Crippen molar-refractivity contribution >= 4 is 16.9 Å². The van der Waals surface area contributed by atoms with Crippen LogP contribution in [0.15, 0.2) is 4.99 Å². The molecule has 0 aromatic rings. The number of amidine groups is 1. The van der Waals surface area contributed by atoms with E-state index in [1.165, 1.54) is 12.8 Å². The van der Waals surface area contributed by atoms with Gasteiger partial charge in [0.1, 0.15) is 0 Å². The Labute approximate surface area is 92.0 Å². The van der Waals surface area contributed by atoms with Crippen LogP contribution in [0.2, 0.25) is 0 Å². The highest BCUT2D eigenvalue weighted by Crippen LogP contribution is 2.22. The van der Waals surface area contributed by atoms with Crippen molar-refractivity contribution in [1.29, 1.82) is 0 Å². The summed E-state index contributed by atoms with van der Waals surface area (Å²) >= 11 is 1.90. The average Bonchev–Trinajstić information content (AvgIpc) is 2.50. The van der Waals surface area contributed by atoms with E-state index in [1.807, 2.05) is 11.8 Å². The van der Waals surface area contributed by atoms with Crippen molar-refractivity contribution in [2.75, 3.05) is 13.1 Å². The lowest BCUT2D eigenvalue weighted by atomic mass is 9.92. The lowest BCUT2D eigenvalue weighted by molar-refractivity contribution is 0.378. The third-order valence-electron chi connectivity index (χ3n) is 2.32. The van der Waals surface area contributed by atoms with Crippen molar-refractivity contribution in [3.05, 3.63) is 0 Å². The second-order valence-electron chi connectivity index (χ2n) is 5.03. The van der Waals surface area contributed by atoms with Crippen molar-refractivity contribution in [3.63, 3.8) is 0 Å². The number of nitrogens with zero attached hydrogens (tertiary/aromatic N) is 1. The van der Waals surface area contributed by atoms with E-state index in [0.29, 0.717) is 10.7 Å². The highest BCUT2D eigenvalue weighted by molar-refractivity contribution is 8.14. The molecule has 1 atom stereocenters. The highest BCUT2D eigenvalue weighted by atomic mass is 32.2. The molecule has 0 aromatic heterocycles. The molecule has 0 saturated heterocycles. The van der Waals surface area contributed by atoms with Crippen LogP contribution in [-0.2, 0) is 0 Å². The molecule has 82 valence electrons. The first-order chi connectivity index (χ1) is 6.51. The predicted octanol–water partition coefficient (Wildman–Crippen LogP) is 2.89. The smallest absolute Gasteiger partial charge is 0.156 e. The molecule has 14 heavy (non-hydrogen) atoms. The molecule has 0 radical (unpaired) electrons. The van der Waals surface area contributed by atoms with E-state index in [2.05, 4.69) is 38.0 Å². The van der Waals surface area contributed by atoms with E-state index in [-0.39, 0.29) is 0 Å². The summed E-state index contributed by atoms with van der Waals surface area (Å²) in [6.45, 7) is 11.1. The van der Waals surface area contributed by atoms with Gasteiger partial charge in [-0.15, -0.1) is 0 Å². The fraction of sp³-hybridized carbons (Fsp3) is 0.909. The summed E-state index contributed by atoms with van der Waals surface area (Å²) in [5.41, 5.74) is 0.418. The zero-order chi connectivity index (χ0) is 10.6. The van der Waals surface area contributed by atoms with Crippen LogP contribution < -0.4 is 5.32 Å². The summed E-state index contributed by atoms with van der Waals surface area (Å²) in [7, 11) is 0. The maximum atomic E-state index is 4.48. The van der Waals surface area contributed by atoms with Gasteiger partial charge in [0.05, 0.1) is 6.54 Å². The van der Waals surface area contributed by atoms with E-state index in [1.54, 1.807) is 0 Å². The summed E-state index contributed by atoms with van der Waals surface area (Å²) in [6, 6.07) is 0. The molecule has 0 spiro atoms. The van der Waals surface area contributed by atoms with Gasteiger partial charge in [-0.05, 0) is 18.3 Å². The molecule has 1 aliphatic rings. The molecular weight excluding hydrogens is 192 g/mol. The minimum atomic E-state index is 0.418. The molecule has 0 aromatic carbocycles. The second kappa shape index (κ2) is 5.06. The maximum absolute atomic E-state index is 4.48. The van der Waals surface area contributed by atoms with Gasteiger partial charge < -0.3 is 5.32 Å². The predicted molar refractivity (Wildman–Crippen MR) is 66.0 cm³/mol. The van der Waals surface area contributed by atoms with Crippen LogP contribution >= 0.6 is 11.8 Å². The number of aliphatic imine (C=N–C) groups is 1. The monoisotopic (exact) mass is 214 g/mol. The lowest BCUT2D eigenvalue weighted by Gasteiger charge is -2.18. The molecule has 0 fully saturated rings. The normalized spacial score (nSPS) is 22.3. The standard InChI is InChI=1S/C11H22N2S/c1-5-9-8-13-10(14-9)12-7-6-11(2,3)4/h9H,5-8H2,1-4H3,(H,12,13). The molecule has 1 heterocycles. The Bertz CT molecular complexity index is 206. The van der Waals surface area contributed by atoms with E-state index in [9.17, 15) is 0 Å². The fourth-order valence-electron chi connectivity index (χ4n) is 1.27. The van der Waals surface area contributed by atoms with Crippen molar-refractivity contribution in [2.45, 2.75) is 45.8 Å². The SMILES string of the molecule is CCC1CN=C(NCCC(C)(C)C)S1. The minimum Gasteiger partial charge on any atom is -0.365 e. The van der Waals surface area contributed by atoms with Crippen molar-refractivity contribution in [1.82, 2.24) is 5.32 Å². The van der Waals surface area contributed by atoms with Crippen LogP contribution in [0.3, 0.4) is 0 Å². The van der Waals surface area contributed by atoms with Gasteiger partial charge >= 0.3 is 0 Å². The first-order valence-corrected chi connectivity index (χ1v) is 6.34. The van der Waals surface area contributed by atoms with Crippen LogP contribution in [0.1, 0.15) is 40.5 Å². The molecule has 0 aliphatic carbocycles. The van der Waals surface area contributed by atoms with Gasteiger partial charge in [-0.25, -0.2) is 0 Å². The summed E-state index contributed by atoms with van der Waals surface area (Å²) < 4.78 is 0. The molecular formula is C11H22N2S. The molecule has 1 rings (SSSR count). The third kappa shape index (κ3) is 4.36. The number of hydrogen-bond donors (Lipinski definition) is 1. The Balaban J connectivity index is 2.15. The van der Waals surface area contributed by atoms with E-state index < -0.39 is 0 Å². The largest absolute Gasteiger partial charge is 0.365 e. The third-order valence-corrected chi connectivity index (χ3v) is 3.64.